The highest BCUT2D eigenvalue weighted by atomic mass is 32.1. The lowest BCUT2D eigenvalue weighted by molar-refractivity contribution is -0.147. The van der Waals surface area contributed by atoms with E-state index in [1.807, 2.05) is 17.5 Å². The highest BCUT2D eigenvalue weighted by Gasteiger charge is 2.51. The van der Waals surface area contributed by atoms with Crippen LogP contribution in [-0.2, 0) is 16.1 Å². The van der Waals surface area contributed by atoms with E-state index in [9.17, 15) is 14.7 Å². The SMILES string of the molecule is O=C(O)[C@@H]1C2C=CC(C2)[C@@H]1C(=O)NCc1cscn1. The number of carboxylic acids is 1. The van der Waals surface area contributed by atoms with Gasteiger partial charge in [0.1, 0.15) is 0 Å². The van der Waals surface area contributed by atoms with Crippen LogP contribution in [0.15, 0.2) is 23.0 Å². The second-order valence-electron chi connectivity index (χ2n) is 5.04. The van der Waals surface area contributed by atoms with Gasteiger partial charge < -0.3 is 10.4 Å². The minimum Gasteiger partial charge on any atom is -0.481 e. The Balaban J connectivity index is 1.68. The summed E-state index contributed by atoms with van der Waals surface area (Å²) in [6, 6.07) is 0. The van der Waals surface area contributed by atoms with Gasteiger partial charge in [-0.3, -0.25) is 9.59 Å². The molecule has 2 aliphatic rings. The van der Waals surface area contributed by atoms with Crippen LogP contribution in [0.5, 0.6) is 0 Å². The van der Waals surface area contributed by atoms with Gasteiger partial charge in [-0.1, -0.05) is 12.2 Å². The molecule has 1 aromatic heterocycles. The zero-order valence-corrected chi connectivity index (χ0v) is 11.0. The van der Waals surface area contributed by atoms with Crippen molar-refractivity contribution < 1.29 is 14.7 Å². The van der Waals surface area contributed by atoms with Gasteiger partial charge in [-0.2, -0.15) is 0 Å². The standard InChI is InChI=1S/C13H14N2O3S/c16-12(14-4-9-5-19-6-15-9)10-7-1-2-8(3-7)11(10)13(17)18/h1-2,5-8,10-11H,3-4H2,(H,14,16)(H,17,18)/t7?,8?,10-,11+/m0/s1. The van der Waals surface area contributed by atoms with E-state index in [-0.39, 0.29) is 17.7 Å². The van der Waals surface area contributed by atoms with Crippen molar-refractivity contribution in [2.24, 2.45) is 23.7 Å². The minimum absolute atomic E-state index is 0.0116. The largest absolute Gasteiger partial charge is 0.481 e. The smallest absolute Gasteiger partial charge is 0.307 e. The lowest BCUT2D eigenvalue weighted by atomic mass is 9.82. The Kier molecular flexibility index (Phi) is 3.10. The number of hydrogen-bond donors (Lipinski definition) is 2. The van der Waals surface area contributed by atoms with Crippen molar-refractivity contribution in [1.29, 1.82) is 0 Å². The van der Waals surface area contributed by atoms with Crippen molar-refractivity contribution in [2.75, 3.05) is 0 Å². The first kappa shape index (κ1) is 12.3. The van der Waals surface area contributed by atoms with Gasteiger partial charge >= 0.3 is 5.97 Å². The number of amides is 1. The maximum atomic E-state index is 12.2. The summed E-state index contributed by atoms with van der Waals surface area (Å²) in [6.45, 7) is 0.367. The van der Waals surface area contributed by atoms with E-state index in [1.165, 1.54) is 11.3 Å². The molecule has 0 spiro atoms. The molecule has 2 unspecified atom stereocenters. The van der Waals surface area contributed by atoms with Crippen molar-refractivity contribution >= 4 is 23.2 Å². The van der Waals surface area contributed by atoms with Crippen LogP contribution in [0.3, 0.4) is 0 Å². The van der Waals surface area contributed by atoms with Crippen LogP contribution in [0.2, 0.25) is 0 Å². The molecule has 4 atom stereocenters. The first-order valence-corrected chi connectivity index (χ1v) is 7.17. The monoisotopic (exact) mass is 278 g/mol. The van der Waals surface area contributed by atoms with Gasteiger partial charge in [0.25, 0.3) is 0 Å². The fourth-order valence-corrected chi connectivity index (χ4v) is 3.70. The molecular formula is C13H14N2O3S. The lowest BCUT2D eigenvalue weighted by Crippen LogP contribution is -2.39. The number of allylic oxidation sites excluding steroid dienone is 2. The molecule has 2 N–H and O–H groups in total. The molecule has 5 nitrogen and oxygen atoms in total. The average Bonchev–Trinajstić information content (AvgIpc) is 3.10. The van der Waals surface area contributed by atoms with Crippen molar-refractivity contribution in [2.45, 2.75) is 13.0 Å². The van der Waals surface area contributed by atoms with E-state index >= 15 is 0 Å². The molecule has 0 saturated heterocycles. The molecule has 19 heavy (non-hydrogen) atoms. The zero-order chi connectivity index (χ0) is 13.4. The van der Waals surface area contributed by atoms with E-state index < -0.39 is 17.8 Å². The molecule has 2 aliphatic carbocycles. The van der Waals surface area contributed by atoms with Crippen LogP contribution in [0.4, 0.5) is 0 Å². The first-order valence-electron chi connectivity index (χ1n) is 6.22. The van der Waals surface area contributed by atoms with Crippen LogP contribution in [0.25, 0.3) is 0 Å². The predicted molar refractivity (Wildman–Crippen MR) is 69.3 cm³/mol. The molecule has 1 amide bonds. The Hall–Kier alpha value is -1.69. The maximum Gasteiger partial charge on any atom is 0.307 e. The van der Waals surface area contributed by atoms with Gasteiger partial charge in [0.2, 0.25) is 5.91 Å². The van der Waals surface area contributed by atoms with Crippen LogP contribution < -0.4 is 5.32 Å². The molecule has 1 aromatic rings. The Bertz CT molecular complexity index is 526. The fourth-order valence-electron chi connectivity index (χ4n) is 3.14. The van der Waals surface area contributed by atoms with Crippen LogP contribution in [-0.4, -0.2) is 22.0 Å². The third-order valence-corrected chi connectivity index (χ3v) is 4.61. The number of aliphatic carboxylic acids is 1. The lowest BCUT2D eigenvalue weighted by Gasteiger charge is -2.23. The first-order chi connectivity index (χ1) is 9.16. The number of carbonyl (C=O) groups excluding carboxylic acids is 1. The van der Waals surface area contributed by atoms with Gasteiger partial charge in [-0.15, -0.1) is 11.3 Å². The highest BCUT2D eigenvalue weighted by molar-refractivity contribution is 7.07. The Morgan fingerprint density at radius 1 is 1.37 bits per heavy atom. The van der Waals surface area contributed by atoms with E-state index in [0.29, 0.717) is 6.54 Å². The van der Waals surface area contributed by atoms with Crippen molar-refractivity contribution in [1.82, 2.24) is 10.3 Å². The Morgan fingerprint density at radius 2 is 2.11 bits per heavy atom. The van der Waals surface area contributed by atoms with Gasteiger partial charge in [0.05, 0.1) is 29.6 Å². The third-order valence-electron chi connectivity index (χ3n) is 3.97. The molecule has 0 radical (unpaired) electrons. The second-order valence-corrected chi connectivity index (χ2v) is 5.75. The molecule has 100 valence electrons. The molecule has 6 heteroatoms. The quantitative estimate of drug-likeness (QED) is 0.813. The second kappa shape index (κ2) is 4.77. The number of nitrogens with one attached hydrogen (secondary N) is 1. The van der Waals surface area contributed by atoms with Crippen molar-refractivity contribution in [3.63, 3.8) is 0 Å². The highest BCUT2D eigenvalue weighted by Crippen LogP contribution is 2.48. The summed E-state index contributed by atoms with van der Waals surface area (Å²) in [5.74, 6) is -1.97. The molecule has 0 aromatic carbocycles. The molecule has 1 heterocycles. The average molecular weight is 278 g/mol. The molecule has 1 saturated carbocycles. The number of rotatable bonds is 4. The minimum atomic E-state index is -0.870. The van der Waals surface area contributed by atoms with Gasteiger partial charge in [0, 0.05) is 5.38 Å². The number of carbonyl (C=O) groups is 2. The van der Waals surface area contributed by atoms with E-state index in [4.69, 9.17) is 0 Å². The summed E-state index contributed by atoms with van der Waals surface area (Å²) in [5.41, 5.74) is 2.52. The summed E-state index contributed by atoms with van der Waals surface area (Å²) >= 11 is 1.47. The van der Waals surface area contributed by atoms with Crippen LogP contribution in [0, 0.1) is 23.7 Å². The number of fused-ring (bicyclic) bond motifs is 2. The van der Waals surface area contributed by atoms with Crippen LogP contribution >= 0.6 is 11.3 Å². The van der Waals surface area contributed by atoms with Gasteiger partial charge in [-0.25, -0.2) is 4.98 Å². The van der Waals surface area contributed by atoms with E-state index in [2.05, 4.69) is 10.3 Å². The molecule has 1 fully saturated rings. The molecule has 2 bridgehead atoms. The predicted octanol–water partition coefficient (Wildman–Crippen LogP) is 1.28. The Labute approximate surface area is 114 Å². The van der Waals surface area contributed by atoms with Crippen molar-refractivity contribution in [3.05, 3.63) is 28.7 Å². The summed E-state index contributed by atoms with van der Waals surface area (Å²) in [4.78, 5) is 27.6. The summed E-state index contributed by atoms with van der Waals surface area (Å²) < 4.78 is 0. The fraction of sp³-hybridized carbons (Fsp3) is 0.462. The number of aromatic nitrogens is 1. The number of carboxylic acid groups (broad SMARTS) is 1. The molecule has 3 rings (SSSR count). The summed E-state index contributed by atoms with van der Waals surface area (Å²) in [7, 11) is 0. The van der Waals surface area contributed by atoms with Gasteiger partial charge in [0.15, 0.2) is 0 Å². The van der Waals surface area contributed by atoms with E-state index in [0.717, 1.165) is 12.1 Å². The maximum absolute atomic E-state index is 12.2. The summed E-state index contributed by atoms with van der Waals surface area (Å²) in [6.07, 6.45) is 4.70. The third kappa shape index (κ3) is 2.16. The number of thiazole rings is 1. The number of hydrogen-bond acceptors (Lipinski definition) is 4. The topological polar surface area (TPSA) is 79.3 Å². The molecule has 0 aliphatic heterocycles. The van der Waals surface area contributed by atoms with E-state index in [1.54, 1.807) is 5.51 Å². The van der Waals surface area contributed by atoms with Crippen LogP contribution in [0.1, 0.15) is 12.1 Å². The normalized spacial score (nSPS) is 31.6. The Morgan fingerprint density at radius 3 is 2.74 bits per heavy atom. The van der Waals surface area contributed by atoms with Crippen molar-refractivity contribution in [3.8, 4) is 0 Å². The number of nitrogens with zero attached hydrogens (tertiary/aromatic N) is 1. The summed E-state index contributed by atoms with van der Waals surface area (Å²) in [5, 5.41) is 14.0. The molecular weight excluding hydrogens is 264 g/mol. The van der Waals surface area contributed by atoms with Gasteiger partial charge in [-0.05, 0) is 18.3 Å². The zero-order valence-electron chi connectivity index (χ0n) is 10.2.